The number of nitrogens with one attached hydrogen (secondary N) is 1. The molecule has 1 saturated heterocycles. The van der Waals surface area contributed by atoms with Crippen LogP contribution in [-0.2, 0) is 4.79 Å². The molecular weight excluding hydrogens is 458 g/mol. The summed E-state index contributed by atoms with van der Waals surface area (Å²) in [6.45, 7) is 0.676. The molecule has 8 heteroatoms. The molecule has 134 valence electrons. The molecule has 0 aromatic heterocycles. The van der Waals surface area contributed by atoms with Crippen molar-refractivity contribution in [2.24, 2.45) is 0 Å². The van der Waals surface area contributed by atoms with Gasteiger partial charge in [0.15, 0.2) is 0 Å². The summed E-state index contributed by atoms with van der Waals surface area (Å²) >= 11 is 15.7. The van der Waals surface area contributed by atoms with E-state index in [4.69, 9.17) is 33.3 Å². The van der Waals surface area contributed by atoms with E-state index in [1.807, 2.05) is 30.3 Å². The summed E-state index contributed by atoms with van der Waals surface area (Å²) < 4.78 is 12.8. The van der Waals surface area contributed by atoms with Crippen LogP contribution in [0.4, 0.5) is 0 Å². The second kappa shape index (κ2) is 8.90. The summed E-state index contributed by atoms with van der Waals surface area (Å²) in [7, 11) is 0. The minimum absolute atomic E-state index is 0.201. The minimum atomic E-state index is -0.201. The maximum atomic E-state index is 11.9. The van der Waals surface area contributed by atoms with Crippen molar-refractivity contribution in [1.29, 1.82) is 0 Å². The predicted octanol–water partition coefficient (Wildman–Crippen LogP) is 5.05. The Morgan fingerprint density at radius 3 is 2.58 bits per heavy atom. The van der Waals surface area contributed by atoms with Gasteiger partial charge in [0.05, 0.1) is 9.93 Å². The van der Waals surface area contributed by atoms with Crippen molar-refractivity contribution in [3.8, 4) is 11.5 Å². The Bertz CT molecular complexity index is 888. The first-order chi connectivity index (χ1) is 12.5. The van der Waals surface area contributed by atoms with Crippen molar-refractivity contribution in [1.82, 2.24) is 5.32 Å². The Morgan fingerprint density at radius 2 is 1.88 bits per heavy atom. The fraction of sp³-hybridized carbons (Fsp3) is 0.111. The van der Waals surface area contributed by atoms with E-state index in [0.717, 1.165) is 10.0 Å². The van der Waals surface area contributed by atoms with Gasteiger partial charge in [-0.15, -0.1) is 0 Å². The van der Waals surface area contributed by atoms with Crippen molar-refractivity contribution < 1.29 is 14.3 Å². The van der Waals surface area contributed by atoms with E-state index < -0.39 is 0 Å². The zero-order chi connectivity index (χ0) is 18.5. The van der Waals surface area contributed by atoms with E-state index in [1.54, 1.807) is 18.2 Å². The molecule has 0 unspecified atom stereocenters. The predicted molar refractivity (Wildman–Crippen MR) is 113 cm³/mol. The van der Waals surface area contributed by atoms with Crippen LogP contribution in [0.25, 0.3) is 6.08 Å². The first-order valence-corrected chi connectivity index (χ1v) is 9.97. The van der Waals surface area contributed by atoms with Crippen LogP contribution in [0, 0.1) is 0 Å². The molecule has 1 aliphatic rings. The molecule has 1 amide bonds. The summed E-state index contributed by atoms with van der Waals surface area (Å²) in [5.74, 6) is 1.06. The van der Waals surface area contributed by atoms with E-state index in [-0.39, 0.29) is 5.91 Å². The molecule has 4 nitrogen and oxygen atoms in total. The monoisotopic (exact) mass is 469 g/mol. The number of carbonyl (C=O) groups excluding carboxylic acids is 1. The molecule has 1 heterocycles. The molecule has 0 saturated carbocycles. The second-order valence-electron chi connectivity index (χ2n) is 5.16. The van der Waals surface area contributed by atoms with Crippen LogP contribution in [0.2, 0.25) is 5.02 Å². The van der Waals surface area contributed by atoms with Crippen molar-refractivity contribution in [3.63, 3.8) is 0 Å². The smallest absolute Gasteiger partial charge is 0.263 e. The van der Waals surface area contributed by atoms with Gasteiger partial charge in [-0.25, -0.2) is 0 Å². The van der Waals surface area contributed by atoms with Gasteiger partial charge in [0.1, 0.15) is 29.0 Å². The zero-order valence-corrected chi connectivity index (χ0v) is 17.3. The topological polar surface area (TPSA) is 47.6 Å². The number of para-hydroxylation sites is 1. The first-order valence-electron chi connectivity index (χ1n) is 7.57. The highest BCUT2D eigenvalue weighted by Gasteiger charge is 2.22. The molecule has 2 aromatic rings. The highest BCUT2D eigenvalue weighted by Crippen LogP contribution is 2.31. The molecule has 3 rings (SSSR count). The average Bonchev–Trinajstić information content (AvgIpc) is 2.92. The number of carbonyl (C=O) groups is 1. The van der Waals surface area contributed by atoms with Gasteiger partial charge in [-0.3, -0.25) is 4.79 Å². The Hall–Kier alpha value is -1.54. The fourth-order valence-electron chi connectivity index (χ4n) is 2.19. The quantitative estimate of drug-likeness (QED) is 0.364. The van der Waals surface area contributed by atoms with Crippen LogP contribution in [0.5, 0.6) is 11.5 Å². The third-order valence-electron chi connectivity index (χ3n) is 3.34. The molecule has 0 spiro atoms. The number of thiocarbonyl (C=S) groups is 1. The number of halogens is 2. The van der Waals surface area contributed by atoms with Crippen LogP contribution in [0.15, 0.2) is 51.8 Å². The van der Waals surface area contributed by atoms with E-state index >= 15 is 0 Å². The molecule has 0 atom stereocenters. The van der Waals surface area contributed by atoms with Crippen LogP contribution >= 0.6 is 51.5 Å². The second-order valence-corrected chi connectivity index (χ2v) is 8.20. The van der Waals surface area contributed by atoms with Gasteiger partial charge in [0.2, 0.25) is 0 Å². The molecule has 0 aliphatic carbocycles. The molecule has 0 radical (unpaired) electrons. The van der Waals surface area contributed by atoms with Crippen molar-refractivity contribution in [2.45, 2.75) is 0 Å². The Morgan fingerprint density at radius 1 is 1.15 bits per heavy atom. The third kappa shape index (κ3) is 5.01. The first kappa shape index (κ1) is 19.2. The van der Waals surface area contributed by atoms with Gasteiger partial charge >= 0.3 is 0 Å². The highest BCUT2D eigenvalue weighted by molar-refractivity contribution is 9.10. The third-order valence-corrected chi connectivity index (χ3v) is 5.30. The SMILES string of the molecule is O=C1NC(=S)S/C1=C\c1cc(Br)ccc1OCCOc1ccccc1Cl. The van der Waals surface area contributed by atoms with Gasteiger partial charge in [-0.2, -0.15) is 0 Å². The number of thioether (sulfide) groups is 1. The van der Waals surface area contributed by atoms with E-state index in [2.05, 4.69) is 21.2 Å². The lowest BCUT2D eigenvalue weighted by Crippen LogP contribution is -2.17. The molecule has 2 aromatic carbocycles. The Balaban J connectivity index is 1.66. The molecule has 0 bridgehead atoms. The maximum absolute atomic E-state index is 11.9. The zero-order valence-electron chi connectivity index (χ0n) is 13.3. The lowest BCUT2D eigenvalue weighted by Gasteiger charge is -2.12. The lowest BCUT2D eigenvalue weighted by molar-refractivity contribution is -0.115. The minimum Gasteiger partial charge on any atom is -0.489 e. The van der Waals surface area contributed by atoms with Gasteiger partial charge in [-0.1, -0.05) is 63.6 Å². The molecule has 1 aliphatic heterocycles. The van der Waals surface area contributed by atoms with Crippen molar-refractivity contribution in [2.75, 3.05) is 13.2 Å². The fourth-order valence-corrected chi connectivity index (χ4v) is 3.80. The number of ether oxygens (including phenoxy) is 2. The van der Waals surface area contributed by atoms with E-state index in [1.165, 1.54) is 11.8 Å². The Kier molecular flexibility index (Phi) is 6.58. The van der Waals surface area contributed by atoms with Gasteiger partial charge in [0.25, 0.3) is 5.91 Å². The summed E-state index contributed by atoms with van der Waals surface area (Å²) in [4.78, 5) is 12.4. The largest absolute Gasteiger partial charge is 0.489 e. The Labute approximate surface area is 174 Å². The standard InChI is InChI=1S/C18H13BrClNO3S2/c19-12-5-6-14(11(9-12)10-16-17(22)21-18(25)26-16)23-7-8-24-15-4-2-1-3-13(15)20/h1-6,9-10H,7-8H2,(H,21,22,25)/b16-10-. The summed E-state index contributed by atoms with van der Waals surface area (Å²) in [6.07, 6.45) is 1.76. The maximum Gasteiger partial charge on any atom is 0.263 e. The van der Waals surface area contributed by atoms with Crippen molar-refractivity contribution in [3.05, 3.63) is 62.4 Å². The van der Waals surface area contributed by atoms with Gasteiger partial charge in [-0.05, 0) is 36.4 Å². The van der Waals surface area contributed by atoms with E-state index in [0.29, 0.717) is 39.0 Å². The summed E-state index contributed by atoms with van der Waals surface area (Å²) in [5.41, 5.74) is 0.777. The number of hydrogen-bond acceptors (Lipinski definition) is 5. The van der Waals surface area contributed by atoms with E-state index in [9.17, 15) is 4.79 Å². The number of rotatable bonds is 6. The van der Waals surface area contributed by atoms with Crippen LogP contribution < -0.4 is 14.8 Å². The molecule has 26 heavy (non-hydrogen) atoms. The average molecular weight is 471 g/mol. The number of benzene rings is 2. The van der Waals surface area contributed by atoms with Crippen LogP contribution in [0.3, 0.4) is 0 Å². The van der Waals surface area contributed by atoms with Crippen molar-refractivity contribution >= 4 is 67.8 Å². The lowest BCUT2D eigenvalue weighted by atomic mass is 10.2. The van der Waals surface area contributed by atoms with Gasteiger partial charge < -0.3 is 14.8 Å². The number of amides is 1. The molecular formula is C18H13BrClNO3S2. The molecule has 1 N–H and O–H groups in total. The summed E-state index contributed by atoms with van der Waals surface area (Å²) in [5, 5.41) is 3.16. The van der Waals surface area contributed by atoms with Gasteiger partial charge in [0, 0.05) is 10.0 Å². The van der Waals surface area contributed by atoms with Crippen LogP contribution in [-0.4, -0.2) is 23.4 Å². The molecule has 1 fully saturated rings. The normalized spacial score (nSPS) is 15.2. The summed E-state index contributed by atoms with van der Waals surface area (Å²) in [6, 6.07) is 12.9. The highest BCUT2D eigenvalue weighted by atomic mass is 79.9. The van der Waals surface area contributed by atoms with Crippen LogP contribution in [0.1, 0.15) is 5.56 Å². The number of hydrogen-bond donors (Lipinski definition) is 1.